The number of hydrogen-bond donors (Lipinski definition) is 0. The molecule has 13 rings (SSSR count). The fraction of sp³-hybridized carbons (Fsp3) is 0. The third-order valence-electron chi connectivity index (χ3n) is 11.8. The molecule has 0 bridgehead atoms. The number of para-hydroxylation sites is 3. The Morgan fingerprint density at radius 2 is 1.03 bits per heavy atom. The van der Waals surface area contributed by atoms with Crippen LogP contribution in [0.25, 0.3) is 126 Å². The standard InChI is InChI=1S/C57H34N4OS/c1-3-15-35(16-4-1)55-58-56(36-17-5-2-6-18-36)60-57(59-55)38-29-31-42-44-23-13-22-39(53(44)62-51(42)34-38)37-30-32-50(61-48-26-10-7-19-40(48)41-20-8-11-27-49(41)61)47(33-37)46-25-14-24-45-43-21-9-12-28-52(43)63-54(45)46/h1-34H/i7D,8D,19D,20D,26D,27D. The van der Waals surface area contributed by atoms with Crippen molar-refractivity contribution in [1.29, 1.82) is 0 Å². The van der Waals surface area contributed by atoms with Gasteiger partial charge < -0.3 is 8.98 Å². The summed E-state index contributed by atoms with van der Waals surface area (Å²) in [4.78, 5) is 14.8. The van der Waals surface area contributed by atoms with Gasteiger partial charge in [-0.1, -0.05) is 164 Å². The first-order chi connectivity index (χ1) is 33.7. The summed E-state index contributed by atoms with van der Waals surface area (Å²) in [7, 11) is 0. The smallest absolute Gasteiger partial charge is 0.164 e. The van der Waals surface area contributed by atoms with Gasteiger partial charge in [-0.15, -0.1) is 11.3 Å². The van der Waals surface area contributed by atoms with Crippen LogP contribution in [0.2, 0.25) is 0 Å². The number of thiophene rings is 1. The maximum Gasteiger partial charge on any atom is 0.164 e. The van der Waals surface area contributed by atoms with Crippen LogP contribution in [0, 0.1) is 0 Å². The van der Waals surface area contributed by atoms with E-state index in [2.05, 4.69) is 42.5 Å². The lowest BCUT2D eigenvalue weighted by atomic mass is 9.95. The molecular formula is C57H34N4OS. The van der Waals surface area contributed by atoms with Gasteiger partial charge in [0.25, 0.3) is 0 Å². The molecule has 6 heteroatoms. The first-order valence-corrected chi connectivity index (χ1v) is 21.4. The molecule has 0 aliphatic heterocycles. The molecule has 0 aliphatic rings. The Balaban J connectivity index is 1.04. The molecule has 294 valence electrons. The van der Waals surface area contributed by atoms with Crippen LogP contribution >= 0.6 is 11.3 Å². The summed E-state index contributed by atoms with van der Waals surface area (Å²) < 4.78 is 64.8. The van der Waals surface area contributed by atoms with Crippen molar-refractivity contribution in [2.24, 2.45) is 0 Å². The maximum absolute atomic E-state index is 9.27. The number of rotatable bonds is 6. The first kappa shape index (κ1) is 29.9. The number of benzene rings is 9. The van der Waals surface area contributed by atoms with Gasteiger partial charge in [0.05, 0.1) is 24.9 Å². The minimum absolute atomic E-state index is 0.0150. The van der Waals surface area contributed by atoms with Crippen molar-refractivity contribution in [2.45, 2.75) is 0 Å². The summed E-state index contributed by atoms with van der Waals surface area (Å²) >= 11 is 1.69. The summed E-state index contributed by atoms with van der Waals surface area (Å²) in [5.74, 6) is 1.66. The van der Waals surface area contributed by atoms with Gasteiger partial charge in [-0.3, -0.25) is 0 Å². The molecule has 0 atom stereocenters. The quantitative estimate of drug-likeness (QED) is 0.168. The minimum Gasteiger partial charge on any atom is -0.455 e. The highest BCUT2D eigenvalue weighted by Crippen LogP contribution is 2.45. The molecule has 5 nitrogen and oxygen atoms in total. The van der Waals surface area contributed by atoms with E-state index in [0.717, 1.165) is 69.9 Å². The van der Waals surface area contributed by atoms with Crippen LogP contribution in [0.4, 0.5) is 0 Å². The van der Waals surface area contributed by atoms with Crippen LogP contribution in [-0.4, -0.2) is 19.5 Å². The second-order valence-electron chi connectivity index (χ2n) is 15.4. The topological polar surface area (TPSA) is 56.7 Å². The third-order valence-corrected chi connectivity index (χ3v) is 13.0. The van der Waals surface area contributed by atoms with Gasteiger partial charge in [0.15, 0.2) is 17.5 Å². The normalized spacial score (nSPS) is 13.1. The molecule has 9 aromatic carbocycles. The second kappa shape index (κ2) is 14.2. The van der Waals surface area contributed by atoms with Gasteiger partial charge in [0.2, 0.25) is 0 Å². The van der Waals surface area contributed by atoms with E-state index in [-0.39, 0.29) is 47.0 Å². The molecule has 0 saturated heterocycles. The molecule has 0 fully saturated rings. The zero-order valence-electron chi connectivity index (χ0n) is 39.3. The molecule has 4 heterocycles. The fourth-order valence-electron chi connectivity index (χ4n) is 8.93. The van der Waals surface area contributed by atoms with Gasteiger partial charge in [0.1, 0.15) is 11.2 Å². The number of hydrogen-bond acceptors (Lipinski definition) is 5. The SMILES string of the molecule is [2H]c1cc([2H])c2c(c1[2H])c1c([2H])c([2H])cc([2H])c1n2-c1ccc(-c2cccc3c2oc2cc(-c4nc(-c5ccccc5)nc(-c5ccccc5)n4)ccc23)cc1-c1cccc2c1sc1ccccc12. The molecule has 0 N–H and O–H groups in total. The summed E-state index contributed by atoms with van der Waals surface area (Å²) in [5.41, 5.74) is 8.55. The molecule has 0 unspecified atom stereocenters. The monoisotopic (exact) mass is 828 g/mol. The van der Waals surface area contributed by atoms with Crippen LogP contribution in [0.15, 0.2) is 211 Å². The van der Waals surface area contributed by atoms with E-state index in [4.69, 9.17) is 24.9 Å². The lowest BCUT2D eigenvalue weighted by Gasteiger charge is -2.17. The largest absolute Gasteiger partial charge is 0.455 e. The van der Waals surface area contributed by atoms with E-state index < -0.39 is 0 Å². The molecule has 63 heavy (non-hydrogen) atoms. The molecule has 0 saturated carbocycles. The molecule has 13 aromatic rings. The highest BCUT2D eigenvalue weighted by Gasteiger charge is 2.21. The van der Waals surface area contributed by atoms with E-state index in [1.54, 1.807) is 15.9 Å². The van der Waals surface area contributed by atoms with Crippen LogP contribution in [0.1, 0.15) is 8.22 Å². The average Bonchev–Trinajstić information content (AvgIpc) is 4.08. The molecular weight excluding hydrogens is 789 g/mol. The van der Waals surface area contributed by atoms with Crippen molar-refractivity contribution in [3.63, 3.8) is 0 Å². The van der Waals surface area contributed by atoms with Gasteiger partial charge in [-0.2, -0.15) is 0 Å². The van der Waals surface area contributed by atoms with E-state index in [9.17, 15) is 2.74 Å². The highest BCUT2D eigenvalue weighted by molar-refractivity contribution is 7.26. The van der Waals surface area contributed by atoms with Crippen molar-refractivity contribution in [2.75, 3.05) is 0 Å². The first-order valence-electron chi connectivity index (χ1n) is 23.6. The van der Waals surface area contributed by atoms with Crippen LogP contribution in [0.5, 0.6) is 0 Å². The van der Waals surface area contributed by atoms with Crippen LogP contribution in [0.3, 0.4) is 0 Å². The van der Waals surface area contributed by atoms with Crippen molar-refractivity contribution < 1.29 is 12.6 Å². The van der Waals surface area contributed by atoms with Gasteiger partial charge >= 0.3 is 0 Å². The van der Waals surface area contributed by atoms with E-state index >= 15 is 0 Å². The molecule has 0 aliphatic carbocycles. The number of fused-ring (bicyclic) bond motifs is 9. The molecule has 0 spiro atoms. The minimum atomic E-state index is -0.160. The Labute approximate surface area is 374 Å². The fourth-order valence-corrected chi connectivity index (χ4v) is 10.2. The summed E-state index contributed by atoms with van der Waals surface area (Å²) in [6.45, 7) is 0. The zero-order valence-corrected chi connectivity index (χ0v) is 34.1. The van der Waals surface area contributed by atoms with Crippen LogP contribution in [-0.2, 0) is 0 Å². The van der Waals surface area contributed by atoms with Crippen molar-refractivity contribution >= 4 is 75.3 Å². The van der Waals surface area contributed by atoms with Gasteiger partial charge in [-0.05, 0) is 48.0 Å². The van der Waals surface area contributed by atoms with Crippen LogP contribution < -0.4 is 0 Å². The highest BCUT2D eigenvalue weighted by atomic mass is 32.1. The molecule has 0 amide bonds. The molecule has 0 radical (unpaired) electrons. The Morgan fingerprint density at radius 1 is 0.429 bits per heavy atom. The summed E-state index contributed by atoms with van der Waals surface area (Å²) in [5, 5.41) is 4.51. The predicted molar refractivity (Wildman–Crippen MR) is 262 cm³/mol. The van der Waals surface area contributed by atoms with Crippen molar-refractivity contribution in [3.8, 4) is 62.1 Å². The molecule has 4 aromatic heterocycles. The summed E-state index contributed by atoms with van der Waals surface area (Å²) in [6.07, 6.45) is 0. The average molecular weight is 829 g/mol. The Morgan fingerprint density at radius 3 is 1.75 bits per heavy atom. The van der Waals surface area contributed by atoms with Gasteiger partial charge in [-0.25, -0.2) is 15.0 Å². The lowest BCUT2D eigenvalue weighted by molar-refractivity contribution is 0.670. The Kier molecular flexibility index (Phi) is 6.75. The number of aromatic nitrogens is 4. The lowest BCUT2D eigenvalue weighted by Crippen LogP contribution is -2.00. The number of furan rings is 1. The van der Waals surface area contributed by atoms with Crippen molar-refractivity contribution in [1.82, 2.24) is 19.5 Å². The van der Waals surface area contributed by atoms with Gasteiger partial charge in [0, 0.05) is 75.1 Å². The third kappa shape index (κ3) is 5.73. The Hall–Kier alpha value is -8.19. The summed E-state index contributed by atoms with van der Waals surface area (Å²) in [6, 6.07) is 54.7. The number of nitrogens with zero attached hydrogens (tertiary/aromatic N) is 4. The van der Waals surface area contributed by atoms with E-state index in [1.807, 2.05) is 115 Å². The maximum atomic E-state index is 9.27. The van der Waals surface area contributed by atoms with E-state index in [0.29, 0.717) is 45.4 Å². The predicted octanol–water partition coefficient (Wildman–Crippen LogP) is 15.6. The van der Waals surface area contributed by atoms with E-state index in [1.165, 1.54) is 12.1 Å². The van der Waals surface area contributed by atoms with Crippen molar-refractivity contribution in [3.05, 3.63) is 206 Å². The Bertz CT molecular complexity index is 4150. The second-order valence-corrected chi connectivity index (χ2v) is 16.5. The zero-order chi connectivity index (χ0) is 46.7.